The van der Waals surface area contributed by atoms with Crippen molar-refractivity contribution in [1.82, 2.24) is 9.62 Å². The summed E-state index contributed by atoms with van der Waals surface area (Å²) in [5.74, 6) is 0.311. The van der Waals surface area contributed by atoms with Crippen molar-refractivity contribution in [2.45, 2.75) is 17.1 Å². The van der Waals surface area contributed by atoms with E-state index in [0.717, 1.165) is 43.8 Å². The molecule has 1 aromatic rings. The molecule has 1 N–H and O–H groups in total. The molecule has 0 bridgehead atoms. The lowest BCUT2D eigenvalue weighted by atomic mass is 9.98. The predicted molar refractivity (Wildman–Crippen MR) is 90.6 cm³/mol. The van der Waals surface area contributed by atoms with Crippen LogP contribution in [0, 0.1) is 5.92 Å². The molecule has 1 atom stereocenters. The van der Waals surface area contributed by atoms with E-state index < -0.39 is 10.0 Å². The highest BCUT2D eigenvalue weighted by molar-refractivity contribution is 7.91. The van der Waals surface area contributed by atoms with Crippen LogP contribution in [0.25, 0.3) is 0 Å². The number of likely N-dealkylation sites (tertiary alicyclic amines) is 1. The smallest absolute Gasteiger partial charge is 0.250 e. The maximum Gasteiger partial charge on any atom is 0.250 e. The second-order valence-corrected chi connectivity index (χ2v) is 9.40. The van der Waals surface area contributed by atoms with E-state index in [1.807, 2.05) is 0 Å². The van der Waals surface area contributed by atoms with Crippen molar-refractivity contribution >= 4 is 44.6 Å². The van der Waals surface area contributed by atoms with Crippen LogP contribution >= 0.6 is 34.5 Å². The van der Waals surface area contributed by atoms with Crippen LogP contribution in [-0.2, 0) is 14.8 Å². The van der Waals surface area contributed by atoms with E-state index in [9.17, 15) is 8.42 Å². The first-order valence-electron chi connectivity index (χ1n) is 7.08. The van der Waals surface area contributed by atoms with Gasteiger partial charge in [0, 0.05) is 26.7 Å². The van der Waals surface area contributed by atoms with Crippen LogP contribution in [0.5, 0.6) is 0 Å². The average Bonchev–Trinajstić information content (AvgIpc) is 2.84. The fraction of sp³-hybridized carbons (Fsp3) is 0.692. The zero-order valence-corrected chi connectivity index (χ0v) is 15.5. The molecule has 1 aromatic heterocycles. The molecular formula is C13H20Cl2N2O3S2. The second kappa shape index (κ2) is 8.28. The average molecular weight is 387 g/mol. The lowest BCUT2D eigenvalue weighted by Crippen LogP contribution is -2.41. The molecule has 0 aliphatic carbocycles. The minimum absolute atomic E-state index is 0.162. The van der Waals surface area contributed by atoms with E-state index in [1.165, 1.54) is 6.07 Å². The van der Waals surface area contributed by atoms with Gasteiger partial charge in [-0.1, -0.05) is 23.2 Å². The molecule has 0 saturated carbocycles. The SMILES string of the molecule is COCCN1CCC[C@@H](CNS(=O)(=O)c2cc(Cl)c(Cl)s2)C1. The molecular weight excluding hydrogens is 367 g/mol. The summed E-state index contributed by atoms with van der Waals surface area (Å²) in [7, 11) is -1.85. The van der Waals surface area contributed by atoms with Gasteiger partial charge in [-0.15, -0.1) is 11.3 Å². The second-order valence-electron chi connectivity index (χ2n) is 5.34. The standard InChI is InChI=1S/C13H20Cl2N2O3S2/c1-20-6-5-17-4-2-3-10(9-17)8-16-22(18,19)12-7-11(14)13(15)21-12/h7,10,16H,2-6,8-9H2,1H3/t10-/m0/s1. The summed E-state index contributed by atoms with van der Waals surface area (Å²) in [5.41, 5.74) is 0. The fourth-order valence-electron chi connectivity index (χ4n) is 2.50. The van der Waals surface area contributed by atoms with Gasteiger partial charge in [0.1, 0.15) is 8.55 Å². The summed E-state index contributed by atoms with van der Waals surface area (Å²) in [6.45, 7) is 3.94. The lowest BCUT2D eigenvalue weighted by Gasteiger charge is -2.32. The lowest BCUT2D eigenvalue weighted by molar-refractivity contribution is 0.115. The molecule has 1 aliphatic heterocycles. The zero-order valence-electron chi connectivity index (χ0n) is 12.3. The molecule has 9 heteroatoms. The molecule has 1 aliphatic rings. The summed E-state index contributed by atoms with van der Waals surface area (Å²) in [6.07, 6.45) is 2.10. The topological polar surface area (TPSA) is 58.6 Å². The molecule has 2 rings (SSSR count). The third kappa shape index (κ3) is 5.06. The normalized spacial score (nSPS) is 20.4. The quantitative estimate of drug-likeness (QED) is 0.782. The number of piperidine rings is 1. The molecule has 1 fully saturated rings. The van der Waals surface area contributed by atoms with Crippen LogP contribution in [0.4, 0.5) is 0 Å². The first-order valence-corrected chi connectivity index (χ1v) is 10.1. The Kier molecular flexibility index (Phi) is 6.94. The van der Waals surface area contributed by atoms with Crippen molar-refractivity contribution in [3.8, 4) is 0 Å². The maximum absolute atomic E-state index is 12.2. The molecule has 5 nitrogen and oxygen atoms in total. The number of nitrogens with one attached hydrogen (secondary N) is 1. The predicted octanol–water partition coefficient (Wildman–Crippen LogP) is 2.69. The number of hydrogen-bond acceptors (Lipinski definition) is 5. The van der Waals surface area contributed by atoms with Gasteiger partial charge < -0.3 is 9.64 Å². The third-order valence-corrected chi connectivity index (χ3v) is 7.43. The highest BCUT2D eigenvalue weighted by Gasteiger charge is 2.24. The summed E-state index contributed by atoms with van der Waals surface area (Å²) in [6, 6.07) is 1.39. The summed E-state index contributed by atoms with van der Waals surface area (Å²) in [5, 5.41) is 0.274. The van der Waals surface area contributed by atoms with E-state index in [1.54, 1.807) is 7.11 Å². The number of methoxy groups -OCH3 is 1. The van der Waals surface area contributed by atoms with Gasteiger partial charge in [-0.05, 0) is 31.4 Å². The largest absolute Gasteiger partial charge is 0.383 e. The third-order valence-electron chi connectivity index (χ3n) is 3.66. The number of rotatable bonds is 7. The Bertz CT molecular complexity index is 573. The highest BCUT2D eigenvalue weighted by atomic mass is 35.5. The van der Waals surface area contributed by atoms with Crippen molar-refractivity contribution in [1.29, 1.82) is 0 Å². The monoisotopic (exact) mass is 386 g/mol. The van der Waals surface area contributed by atoms with Crippen LogP contribution in [0.1, 0.15) is 12.8 Å². The first kappa shape index (κ1) is 18.4. The van der Waals surface area contributed by atoms with Crippen LogP contribution in [0.3, 0.4) is 0 Å². The van der Waals surface area contributed by atoms with E-state index >= 15 is 0 Å². The fourth-order valence-corrected chi connectivity index (χ4v) is 5.54. The van der Waals surface area contributed by atoms with Crippen LogP contribution in [-0.4, -0.2) is 53.2 Å². The Hall–Kier alpha value is 0.110. The Morgan fingerprint density at radius 3 is 2.91 bits per heavy atom. The molecule has 22 heavy (non-hydrogen) atoms. The number of sulfonamides is 1. The van der Waals surface area contributed by atoms with Crippen molar-refractivity contribution in [2.75, 3.05) is 39.9 Å². The van der Waals surface area contributed by atoms with Gasteiger partial charge in [0.25, 0.3) is 0 Å². The van der Waals surface area contributed by atoms with E-state index in [2.05, 4.69) is 9.62 Å². The van der Waals surface area contributed by atoms with Gasteiger partial charge in [-0.25, -0.2) is 13.1 Å². The Morgan fingerprint density at radius 1 is 1.50 bits per heavy atom. The van der Waals surface area contributed by atoms with E-state index in [-0.39, 0.29) is 9.23 Å². The first-order chi connectivity index (χ1) is 10.4. The van der Waals surface area contributed by atoms with Crippen molar-refractivity contribution < 1.29 is 13.2 Å². The number of halogens is 2. The molecule has 0 aromatic carbocycles. The number of nitrogens with zero attached hydrogens (tertiary/aromatic N) is 1. The molecule has 0 spiro atoms. The van der Waals surface area contributed by atoms with E-state index in [4.69, 9.17) is 27.9 Å². The zero-order chi connectivity index (χ0) is 16.2. The minimum atomic E-state index is -3.54. The Balaban J connectivity index is 1.88. The molecule has 0 unspecified atom stereocenters. The Morgan fingerprint density at radius 2 is 2.27 bits per heavy atom. The van der Waals surface area contributed by atoms with Gasteiger partial charge in [0.05, 0.1) is 11.6 Å². The van der Waals surface area contributed by atoms with Crippen LogP contribution in [0.2, 0.25) is 9.36 Å². The van der Waals surface area contributed by atoms with Crippen LogP contribution in [0.15, 0.2) is 10.3 Å². The summed E-state index contributed by atoms with van der Waals surface area (Å²) < 4.78 is 32.7. The van der Waals surface area contributed by atoms with Gasteiger partial charge >= 0.3 is 0 Å². The number of ether oxygens (including phenoxy) is 1. The highest BCUT2D eigenvalue weighted by Crippen LogP contribution is 2.34. The molecule has 1 saturated heterocycles. The van der Waals surface area contributed by atoms with Crippen molar-refractivity contribution in [2.24, 2.45) is 5.92 Å². The van der Waals surface area contributed by atoms with Gasteiger partial charge in [-0.2, -0.15) is 0 Å². The van der Waals surface area contributed by atoms with E-state index in [0.29, 0.717) is 23.4 Å². The molecule has 0 radical (unpaired) electrons. The number of hydrogen-bond donors (Lipinski definition) is 1. The van der Waals surface area contributed by atoms with Gasteiger partial charge in [-0.3, -0.25) is 0 Å². The molecule has 126 valence electrons. The number of thiophene rings is 1. The minimum Gasteiger partial charge on any atom is -0.383 e. The van der Waals surface area contributed by atoms with Gasteiger partial charge in [0.2, 0.25) is 10.0 Å². The maximum atomic E-state index is 12.2. The Labute approximate surface area is 145 Å². The van der Waals surface area contributed by atoms with Crippen LogP contribution < -0.4 is 4.72 Å². The van der Waals surface area contributed by atoms with Gasteiger partial charge in [0.15, 0.2) is 0 Å². The molecule has 2 heterocycles. The van der Waals surface area contributed by atoms with Crippen molar-refractivity contribution in [3.05, 3.63) is 15.4 Å². The summed E-state index contributed by atoms with van der Waals surface area (Å²) >= 11 is 12.6. The summed E-state index contributed by atoms with van der Waals surface area (Å²) in [4.78, 5) is 2.31. The van der Waals surface area contributed by atoms with Crippen molar-refractivity contribution in [3.63, 3.8) is 0 Å². The molecule has 0 amide bonds.